The van der Waals surface area contributed by atoms with E-state index in [1.54, 1.807) is 32.0 Å². The molecule has 1 heterocycles. The summed E-state index contributed by atoms with van der Waals surface area (Å²) < 4.78 is 11.4. The van der Waals surface area contributed by atoms with Gasteiger partial charge >= 0.3 is 6.03 Å². The number of imide groups is 2. The third-order valence-electron chi connectivity index (χ3n) is 4.43. The third kappa shape index (κ3) is 4.97. The van der Waals surface area contributed by atoms with E-state index in [4.69, 9.17) is 9.47 Å². The van der Waals surface area contributed by atoms with Crippen molar-refractivity contribution in [3.63, 3.8) is 0 Å². The van der Waals surface area contributed by atoms with Gasteiger partial charge in [0.1, 0.15) is 12.2 Å². The fourth-order valence-electron chi connectivity index (χ4n) is 2.97. The van der Waals surface area contributed by atoms with Crippen molar-refractivity contribution in [3.05, 3.63) is 57.6 Å². The van der Waals surface area contributed by atoms with Gasteiger partial charge in [0.15, 0.2) is 11.5 Å². The topological polar surface area (TPSA) is 125 Å². The van der Waals surface area contributed by atoms with Crippen LogP contribution < -0.4 is 24.8 Å². The molecule has 9 nitrogen and oxygen atoms in total. The molecule has 4 amide bonds. The maximum atomic E-state index is 13.0. The number of carboxylic acid groups (broad SMARTS) is 1. The Bertz CT molecular complexity index is 1140. The molecule has 1 N–H and O–H groups in total. The molecule has 0 spiro atoms. The molecule has 1 saturated heterocycles. The fourth-order valence-corrected chi connectivity index (χ4v) is 3.21. The van der Waals surface area contributed by atoms with Crippen LogP contribution in [0.25, 0.3) is 6.08 Å². The monoisotopic (exact) mass is 501 g/mol. The molecular weight excluding hydrogens is 484 g/mol. The lowest BCUT2D eigenvalue weighted by Crippen LogP contribution is -2.54. The number of carbonyl (C=O) groups excluding carboxylic acids is 4. The SMILES string of the molecule is CCOc1cc(/C=C2\C(=O)NC(=O)N(c3ccc(Br)c(C)c3)C2=O)ccc1OCC(=O)[O-]. The van der Waals surface area contributed by atoms with E-state index in [1.165, 1.54) is 24.3 Å². The van der Waals surface area contributed by atoms with Crippen LogP contribution in [-0.4, -0.2) is 37.0 Å². The molecular formula is C22H18BrN2O7-. The average molecular weight is 502 g/mol. The molecule has 3 rings (SSSR count). The van der Waals surface area contributed by atoms with Gasteiger partial charge in [0.25, 0.3) is 11.8 Å². The van der Waals surface area contributed by atoms with Crippen LogP contribution in [0, 0.1) is 6.92 Å². The molecule has 1 aliphatic heterocycles. The van der Waals surface area contributed by atoms with E-state index in [2.05, 4.69) is 21.2 Å². The number of ether oxygens (including phenoxy) is 2. The molecule has 0 aliphatic carbocycles. The number of nitrogens with zero attached hydrogens (tertiary/aromatic N) is 1. The zero-order valence-corrected chi connectivity index (χ0v) is 18.7. The van der Waals surface area contributed by atoms with Crippen LogP contribution in [0.4, 0.5) is 10.5 Å². The van der Waals surface area contributed by atoms with Gasteiger partial charge in [-0.15, -0.1) is 0 Å². The number of barbiturate groups is 1. The molecule has 2 aromatic carbocycles. The van der Waals surface area contributed by atoms with E-state index in [0.29, 0.717) is 11.3 Å². The first-order chi connectivity index (χ1) is 15.2. The number of hydrogen-bond donors (Lipinski definition) is 1. The van der Waals surface area contributed by atoms with Gasteiger partial charge in [-0.2, -0.15) is 0 Å². The van der Waals surface area contributed by atoms with Crippen molar-refractivity contribution < 1.29 is 33.8 Å². The van der Waals surface area contributed by atoms with Gasteiger partial charge in [-0.05, 0) is 61.4 Å². The molecule has 0 atom stereocenters. The number of rotatable bonds is 7. The summed E-state index contributed by atoms with van der Waals surface area (Å²) in [6, 6.07) is 8.54. The second-order valence-electron chi connectivity index (χ2n) is 6.69. The van der Waals surface area contributed by atoms with E-state index >= 15 is 0 Å². The molecule has 1 fully saturated rings. The minimum Gasteiger partial charge on any atom is -0.546 e. The molecule has 0 radical (unpaired) electrons. The number of aryl methyl sites for hydroxylation is 1. The molecule has 2 aromatic rings. The number of carbonyl (C=O) groups is 4. The van der Waals surface area contributed by atoms with Gasteiger partial charge in [0, 0.05) is 4.47 Å². The molecule has 1 aliphatic rings. The highest BCUT2D eigenvalue weighted by atomic mass is 79.9. The predicted molar refractivity (Wildman–Crippen MR) is 116 cm³/mol. The Morgan fingerprint density at radius 3 is 2.53 bits per heavy atom. The average Bonchev–Trinajstić information content (AvgIpc) is 2.73. The minimum atomic E-state index is -1.39. The first kappa shape index (κ1) is 23.0. The smallest absolute Gasteiger partial charge is 0.335 e. The van der Waals surface area contributed by atoms with Gasteiger partial charge in [-0.25, -0.2) is 9.69 Å². The number of anilines is 1. The van der Waals surface area contributed by atoms with Crippen molar-refractivity contribution in [2.24, 2.45) is 0 Å². The first-order valence-electron chi connectivity index (χ1n) is 9.48. The summed E-state index contributed by atoms with van der Waals surface area (Å²) >= 11 is 3.37. The summed E-state index contributed by atoms with van der Waals surface area (Å²) in [5, 5.41) is 12.8. The normalized spacial score (nSPS) is 15.0. The largest absolute Gasteiger partial charge is 0.546 e. The van der Waals surface area contributed by atoms with Crippen molar-refractivity contribution in [3.8, 4) is 11.5 Å². The molecule has 0 aromatic heterocycles. The number of amides is 4. The maximum absolute atomic E-state index is 13.0. The van der Waals surface area contributed by atoms with Crippen LogP contribution in [-0.2, 0) is 14.4 Å². The standard InChI is InChI=1S/C22H19BrN2O7/c1-3-31-18-10-13(4-7-17(18)32-11-19(26)27)9-15-20(28)24-22(30)25(21(15)29)14-5-6-16(23)12(2)8-14/h4-10H,3,11H2,1-2H3,(H,26,27)(H,24,28,30)/p-1/b15-9+. The van der Waals surface area contributed by atoms with Crippen molar-refractivity contribution in [2.75, 3.05) is 18.1 Å². The van der Waals surface area contributed by atoms with Crippen LogP contribution in [0.3, 0.4) is 0 Å². The number of carboxylic acids is 1. The lowest BCUT2D eigenvalue weighted by molar-refractivity contribution is -0.307. The zero-order valence-electron chi connectivity index (χ0n) is 17.1. The third-order valence-corrected chi connectivity index (χ3v) is 5.32. The highest BCUT2D eigenvalue weighted by Crippen LogP contribution is 2.31. The molecule has 166 valence electrons. The summed E-state index contributed by atoms with van der Waals surface area (Å²) in [4.78, 5) is 49.3. The Labute approximate surface area is 191 Å². The number of nitrogens with one attached hydrogen (secondary N) is 1. The van der Waals surface area contributed by atoms with Gasteiger partial charge in [0.2, 0.25) is 0 Å². The Morgan fingerprint density at radius 2 is 1.88 bits per heavy atom. The highest BCUT2D eigenvalue weighted by molar-refractivity contribution is 9.10. The summed E-state index contributed by atoms with van der Waals surface area (Å²) in [6.45, 7) is 3.15. The first-order valence-corrected chi connectivity index (χ1v) is 10.3. The Morgan fingerprint density at radius 1 is 1.12 bits per heavy atom. The van der Waals surface area contributed by atoms with Crippen molar-refractivity contribution in [1.82, 2.24) is 5.32 Å². The summed E-state index contributed by atoms with van der Waals surface area (Å²) in [6.07, 6.45) is 1.31. The second kappa shape index (κ2) is 9.65. The minimum absolute atomic E-state index is 0.166. The Balaban J connectivity index is 1.97. The lowest BCUT2D eigenvalue weighted by atomic mass is 10.1. The van der Waals surface area contributed by atoms with Crippen molar-refractivity contribution in [2.45, 2.75) is 13.8 Å². The van der Waals surface area contributed by atoms with Gasteiger partial charge in [-0.1, -0.05) is 22.0 Å². The van der Waals surface area contributed by atoms with Crippen LogP contribution in [0.5, 0.6) is 11.5 Å². The van der Waals surface area contributed by atoms with Gasteiger partial charge < -0.3 is 19.4 Å². The zero-order chi connectivity index (χ0) is 23.4. The van der Waals surface area contributed by atoms with E-state index in [0.717, 1.165) is 14.9 Å². The van der Waals surface area contributed by atoms with Crippen molar-refractivity contribution >= 4 is 51.5 Å². The summed E-state index contributed by atoms with van der Waals surface area (Å²) in [5.41, 5.74) is 1.27. The Hall–Kier alpha value is -3.66. The molecule has 10 heteroatoms. The molecule has 0 saturated carbocycles. The predicted octanol–water partition coefficient (Wildman–Crippen LogP) is 1.95. The fraction of sp³-hybridized carbons (Fsp3) is 0.182. The van der Waals surface area contributed by atoms with Crippen LogP contribution >= 0.6 is 15.9 Å². The summed E-state index contributed by atoms with van der Waals surface area (Å²) in [5.74, 6) is -2.62. The Kier molecular flexibility index (Phi) is 6.94. The van der Waals surface area contributed by atoms with Gasteiger partial charge in [-0.3, -0.25) is 14.9 Å². The quantitative estimate of drug-likeness (QED) is 0.453. The number of benzene rings is 2. The maximum Gasteiger partial charge on any atom is 0.335 e. The van der Waals surface area contributed by atoms with E-state index in [-0.39, 0.29) is 23.7 Å². The van der Waals surface area contributed by atoms with E-state index in [1.807, 2.05) is 0 Å². The second-order valence-corrected chi connectivity index (χ2v) is 7.55. The van der Waals surface area contributed by atoms with Crippen LogP contribution in [0.2, 0.25) is 0 Å². The van der Waals surface area contributed by atoms with E-state index < -0.39 is 30.4 Å². The van der Waals surface area contributed by atoms with Gasteiger partial charge in [0.05, 0.1) is 18.3 Å². The molecule has 0 bridgehead atoms. The number of urea groups is 1. The number of aliphatic carboxylic acids is 1. The molecule has 0 unspecified atom stereocenters. The lowest BCUT2D eigenvalue weighted by Gasteiger charge is -2.26. The highest BCUT2D eigenvalue weighted by Gasteiger charge is 2.37. The van der Waals surface area contributed by atoms with E-state index in [9.17, 15) is 24.3 Å². The number of halogens is 1. The van der Waals surface area contributed by atoms with Crippen molar-refractivity contribution in [1.29, 1.82) is 0 Å². The molecule has 32 heavy (non-hydrogen) atoms. The van der Waals surface area contributed by atoms with Crippen LogP contribution in [0.1, 0.15) is 18.1 Å². The van der Waals surface area contributed by atoms with Crippen LogP contribution in [0.15, 0.2) is 46.4 Å². The summed E-state index contributed by atoms with van der Waals surface area (Å²) in [7, 11) is 0. The number of hydrogen-bond acceptors (Lipinski definition) is 7.